The first-order valence-electron chi connectivity index (χ1n) is 5.36. The van der Waals surface area contributed by atoms with Crippen molar-refractivity contribution in [1.29, 1.82) is 0 Å². The summed E-state index contributed by atoms with van der Waals surface area (Å²) < 4.78 is 0. The van der Waals surface area contributed by atoms with Gasteiger partial charge in [0.05, 0.1) is 6.54 Å². The van der Waals surface area contributed by atoms with Crippen LogP contribution in [0.5, 0.6) is 0 Å². The summed E-state index contributed by atoms with van der Waals surface area (Å²) in [7, 11) is 1.86. The predicted octanol–water partition coefficient (Wildman–Crippen LogP) is -0.627. The highest BCUT2D eigenvalue weighted by atomic mass is 16.2. The van der Waals surface area contributed by atoms with E-state index in [1.807, 2.05) is 11.9 Å². The maximum Gasteiger partial charge on any atom is 0.223 e. The lowest BCUT2D eigenvalue weighted by atomic mass is 10.2. The Morgan fingerprint density at radius 1 is 1.40 bits per heavy atom. The molecule has 84 valence electrons. The monoisotopic (exact) mass is 209 g/mol. The number of nitrogens with zero attached hydrogens (tertiary/aromatic N) is 2. The molecular formula is C11H19N3O. The topological polar surface area (TPSA) is 35.6 Å². The molecule has 0 unspecified atom stereocenters. The third-order valence-electron chi connectivity index (χ3n) is 2.63. The minimum atomic E-state index is 0.240. The van der Waals surface area contributed by atoms with Gasteiger partial charge in [0, 0.05) is 39.1 Å². The van der Waals surface area contributed by atoms with Crippen LogP contribution in [0, 0.1) is 12.3 Å². The second kappa shape index (κ2) is 6.44. The molecule has 1 fully saturated rings. The molecule has 1 saturated heterocycles. The van der Waals surface area contributed by atoms with E-state index in [-0.39, 0.29) is 5.91 Å². The molecule has 1 aliphatic rings. The van der Waals surface area contributed by atoms with Crippen LogP contribution in [0.2, 0.25) is 0 Å². The van der Waals surface area contributed by atoms with Crippen molar-refractivity contribution in [3.05, 3.63) is 0 Å². The third kappa shape index (κ3) is 3.90. The molecule has 0 spiro atoms. The maximum atomic E-state index is 11.6. The van der Waals surface area contributed by atoms with Crippen molar-refractivity contribution in [1.82, 2.24) is 15.1 Å². The lowest BCUT2D eigenvalue weighted by Crippen LogP contribution is -2.49. The summed E-state index contributed by atoms with van der Waals surface area (Å²) in [6.45, 7) is 4.86. The van der Waals surface area contributed by atoms with Crippen LogP contribution in [0.4, 0.5) is 0 Å². The minimum absolute atomic E-state index is 0.240. The van der Waals surface area contributed by atoms with Gasteiger partial charge in [-0.3, -0.25) is 9.69 Å². The Balaban J connectivity index is 2.25. The second-order valence-electron chi connectivity index (χ2n) is 3.71. The molecule has 0 atom stereocenters. The first-order valence-corrected chi connectivity index (χ1v) is 5.36. The van der Waals surface area contributed by atoms with Gasteiger partial charge >= 0.3 is 0 Å². The molecule has 15 heavy (non-hydrogen) atoms. The van der Waals surface area contributed by atoms with E-state index < -0.39 is 0 Å². The van der Waals surface area contributed by atoms with Gasteiger partial charge in [-0.05, 0) is 7.05 Å². The molecule has 0 aromatic heterocycles. The largest absolute Gasteiger partial charge is 0.340 e. The first-order chi connectivity index (χ1) is 7.27. The van der Waals surface area contributed by atoms with Gasteiger partial charge in [0.1, 0.15) is 0 Å². The number of terminal acetylenes is 1. The highest BCUT2D eigenvalue weighted by molar-refractivity contribution is 5.76. The highest BCUT2D eigenvalue weighted by Gasteiger charge is 2.19. The van der Waals surface area contributed by atoms with Crippen molar-refractivity contribution in [2.45, 2.75) is 6.42 Å². The summed E-state index contributed by atoms with van der Waals surface area (Å²) in [6.07, 6.45) is 5.83. The van der Waals surface area contributed by atoms with E-state index in [4.69, 9.17) is 6.42 Å². The Morgan fingerprint density at radius 2 is 2.07 bits per heavy atom. The Hall–Kier alpha value is -1.05. The number of rotatable bonds is 4. The zero-order valence-electron chi connectivity index (χ0n) is 9.33. The lowest BCUT2D eigenvalue weighted by Gasteiger charge is -2.33. The van der Waals surface area contributed by atoms with Gasteiger partial charge < -0.3 is 10.2 Å². The highest BCUT2D eigenvalue weighted by Crippen LogP contribution is 2.02. The van der Waals surface area contributed by atoms with E-state index in [9.17, 15) is 4.79 Å². The van der Waals surface area contributed by atoms with Gasteiger partial charge in [-0.15, -0.1) is 6.42 Å². The number of carbonyl (C=O) groups excluding carboxylic acids is 1. The van der Waals surface area contributed by atoms with Crippen LogP contribution in [0.15, 0.2) is 0 Å². The van der Waals surface area contributed by atoms with E-state index in [0.717, 1.165) is 32.7 Å². The van der Waals surface area contributed by atoms with Crippen LogP contribution in [-0.4, -0.2) is 62.0 Å². The molecule has 0 saturated carbocycles. The molecule has 0 aromatic rings. The lowest BCUT2D eigenvalue weighted by molar-refractivity contribution is -0.132. The molecular weight excluding hydrogens is 190 g/mol. The minimum Gasteiger partial charge on any atom is -0.340 e. The summed E-state index contributed by atoms with van der Waals surface area (Å²) in [5, 5.41) is 2.98. The van der Waals surface area contributed by atoms with Gasteiger partial charge in [-0.1, -0.05) is 5.92 Å². The Kier molecular flexibility index (Phi) is 5.16. The van der Waals surface area contributed by atoms with Crippen LogP contribution < -0.4 is 5.32 Å². The molecule has 1 amide bonds. The smallest absolute Gasteiger partial charge is 0.223 e. The van der Waals surface area contributed by atoms with Crippen LogP contribution in [0.1, 0.15) is 6.42 Å². The second-order valence-corrected chi connectivity index (χ2v) is 3.71. The number of piperazine rings is 1. The van der Waals surface area contributed by atoms with Crippen molar-refractivity contribution >= 4 is 5.91 Å². The Morgan fingerprint density at radius 3 is 2.60 bits per heavy atom. The van der Waals surface area contributed by atoms with Crippen LogP contribution in [-0.2, 0) is 4.79 Å². The molecule has 4 heteroatoms. The van der Waals surface area contributed by atoms with E-state index in [2.05, 4.69) is 16.1 Å². The number of hydrogen-bond donors (Lipinski definition) is 1. The summed E-state index contributed by atoms with van der Waals surface area (Å²) in [5.41, 5.74) is 0. The molecule has 0 aromatic carbocycles. The predicted molar refractivity (Wildman–Crippen MR) is 60.4 cm³/mol. The van der Waals surface area contributed by atoms with E-state index in [1.54, 1.807) is 0 Å². The van der Waals surface area contributed by atoms with Crippen molar-refractivity contribution in [2.24, 2.45) is 0 Å². The quantitative estimate of drug-likeness (QED) is 0.626. The number of carbonyl (C=O) groups is 1. The summed E-state index contributed by atoms with van der Waals surface area (Å²) >= 11 is 0. The van der Waals surface area contributed by atoms with E-state index in [1.165, 1.54) is 0 Å². The van der Waals surface area contributed by atoms with Crippen LogP contribution in [0.3, 0.4) is 0 Å². The fraction of sp³-hybridized carbons (Fsp3) is 0.727. The molecule has 0 aliphatic carbocycles. The van der Waals surface area contributed by atoms with Gasteiger partial charge in [0.15, 0.2) is 0 Å². The van der Waals surface area contributed by atoms with Crippen molar-refractivity contribution in [3.8, 4) is 12.3 Å². The first kappa shape index (κ1) is 12.0. The van der Waals surface area contributed by atoms with Gasteiger partial charge in [-0.25, -0.2) is 0 Å². The fourth-order valence-corrected chi connectivity index (χ4v) is 1.67. The summed E-state index contributed by atoms with van der Waals surface area (Å²) in [4.78, 5) is 15.8. The zero-order chi connectivity index (χ0) is 11.1. The average molecular weight is 209 g/mol. The average Bonchev–Trinajstić information content (AvgIpc) is 2.27. The SMILES string of the molecule is C#CCN1CCN(C(=O)CCNC)CC1. The molecule has 4 nitrogen and oxygen atoms in total. The Bertz CT molecular complexity index is 239. The van der Waals surface area contributed by atoms with Gasteiger partial charge in [-0.2, -0.15) is 0 Å². The standard InChI is InChI=1S/C11H19N3O/c1-3-6-13-7-9-14(10-8-13)11(15)4-5-12-2/h1,12H,4-10H2,2H3. The summed E-state index contributed by atoms with van der Waals surface area (Å²) in [5.74, 6) is 2.87. The van der Waals surface area contributed by atoms with E-state index in [0.29, 0.717) is 13.0 Å². The molecule has 0 radical (unpaired) electrons. The molecule has 1 rings (SSSR count). The molecule has 1 N–H and O–H groups in total. The normalized spacial score (nSPS) is 17.5. The van der Waals surface area contributed by atoms with Crippen LogP contribution in [0.25, 0.3) is 0 Å². The molecule has 1 aliphatic heterocycles. The summed E-state index contributed by atoms with van der Waals surface area (Å²) in [6, 6.07) is 0. The van der Waals surface area contributed by atoms with Gasteiger partial charge in [0.2, 0.25) is 5.91 Å². The van der Waals surface area contributed by atoms with Gasteiger partial charge in [0.25, 0.3) is 0 Å². The number of nitrogens with one attached hydrogen (secondary N) is 1. The van der Waals surface area contributed by atoms with Crippen molar-refractivity contribution in [3.63, 3.8) is 0 Å². The maximum absolute atomic E-state index is 11.6. The third-order valence-corrected chi connectivity index (χ3v) is 2.63. The number of amides is 1. The van der Waals surface area contributed by atoms with Crippen LogP contribution >= 0.6 is 0 Å². The van der Waals surface area contributed by atoms with Crippen molar-refractivity contribution in [2.75, 3.05) is 46.3 Å². The Labute approximate surface area is 91.6 Å². The number of hydrogen-bond acceptors (Lipinski definition) is 3. The van der Waals surface area contributed by atoms with Crippen molar-refractivity contribution < 1.29 is 4.79 Å². The molecule has 0 bridgehead atoms. The van der Waals surface area contributed by atoms with E-state index >= 15 is 0 Å². The zero-order valence-corrected chi connectivity index (χ0v) is 9.33. The fourth-order valence-electron chi connectivity index (χ4n) is 1.67. The molecule has 1 heterocycles.